The maximum Gasteiger partial charge on any atom is 0.162 e. The molecule has 0 saturated carbocycles. The van der Waals surface area contributed by atoms with Crippen LogP contribution in [0.2, 0.25) is 0 Å². The van der Waals surface area contributed by atoms with Crippen LogP contribution in [0.3, 0.4) is 0 Å². The van der Waals surface area contributed by atoms with Crippen molar-refractivity contribution in [2.75, 3.05) is 5.73 Å². The Balaban J connectivity index is 2.15. The molecule has 3 rings (SSSR count). The molecule has 1 aromatic heterocycles. The van der Waals surface area contributed by atoms with Crippen LogP contribution in [0, 0.1) is 5.82 Å². The van der Waals surface area contributed by atoms with Gasteiger partial charge in [0.1, 0.15) is 11.6 Å². The van der Waals surface area contributed by atoms with Gasteiger partial charge < -0.3 is 5.73 Å². The van der Waals surface area contributed by atoms with E-state index < -0.39 is 0 Å². The van der Waals surface area contributed by atoms with Crippen LogP contribution in [0.25, 0.3) is 22.6 Å². The molecule has 1 heterocycles. The number of benzene rings is 2. The summed E-state index contributed by atoms with van der Waals surface area (Å²) in [5, 5.41) is 0. The molecule has 0 aliphatic heterocycles. The van der Waals surface area contributed by atoms with Crippen LogP contribution in [0.5, 0.6) is 0 Å². The number of nitrogens with two attached hydrogens (primary N) is 1. The quantitative estimate of drug-likeness (QED) is 0.771. The molecular formula is C16H12FN3. The van der Waals surface area contributed by atoms with Crippen molar-refractivity contribution in [1.82, 2.24) is 9.97 Å². The smallest absolute Gasteiger partial charge is 0.162 e. The van der Waals surface area contributed by atoms with Crippen LogP contribution in [0.4, 0.5) is 10.2 Å². The molecule has 0 aliphatic carbocycles. The Labute approximate surface area is 115 Å². The van der Waals surface area contributed by atoms with Crippen molar-refractivity contribution in [2.45, 2.75) is 0 Å². The highest BCUT2D eigenvalue weighted by atomic mass is 19.1. The summed E-state index contributed by atoms with van der Waals surface area (Å²) in [4.78, 5) is 8.61. The van der Waals surface area contributed by atoms with Gasteiger partial charge in [0, 0.05) is 17.2 Å². The zero-order valence-corrected chi connectivity index (χ0v) is 10.6. The number of aromatic nitrogens is 2. The molecular weight excluding hydrogens is 253 g/mol. The van der Waals surface area contributed by atoms with Gasteiger partial charge in [-0.25, -0.2) is 14.4 Å². The van der Waals surface area contributed by atoms with Crippen molar-refractivity contribution < 1.29 is 4.39 Å². The van der Waals surface area contributed by atoms with Gasteiger partial charge >= 0.3 is 0 Å². The van der Waals surface area contributed by atoms with Gasteiger partial charge in [-0.05, 0) is 12.1 Å². The van der Waals surface area contributed by atoms with Gasteiger partial charge in [-0.3, -0.25) is 0 Å². The van der Waals surface area contributed by atoms with Crippen LogP contribution in [0.15, 0.2) is 60.7 Å². The third-order valence-electron chi connectivity index (χ3n) is 2.93. The number of nitrogen functional groups attached to an aromatic ring is 1. The molecule has 20 heavy (non-hydrogen) atoms. The fourth-order valence-electron chi connectivity index (χ4n) is 1.99. The molecule has 0 saturated heterocycles. The Morgan fingerprint density at radius 3 is 2.30 bits per heavy atom. The van der Waals surface area contributed by atoms with Crippen molar-refractivity contribution in [3.63, 3.8) is 0 Å². The van der Waals surface area contributed by atoms with E-state index in [1.54, 1.807) is 24.3 Å². The molecule has 0 amide bonds. The topological polar surface area (TPSA) is 51.8 Å². The highest BCUT2D eigenvalue weighted by molar-refractivity contribution is 5.67. The lowest BCUT2D eigenvalue weighted by atomic mass is 10.1. The lowest BCUT2D eigenvalue weighted by Gasteiger charge is -2.07. The summed E-state index contributed by atoms with van der Waals surface area (Å²) in [5.41, 5.74) is 7.55. The van der Waals surface area contributed by atoms with Crippen LogP contribution in [0.1, 0.15) is 0 Å². The van der Waals surface area contributed by atoms with E-state index in [4.69, 9.17) is 5.73 Å². The van der Waals surface area contributed by atoms with Gasteiger partial charge in [0.15, 0.2) is 5.82 Å². The van der Waals surface area contributed by atoms with E-state index in [1.165, 1.54) is 6.07 Å². The molecule has 0 atom stereocenters. The van der Waals surface area contributed by atoms with Crippen LogP contribution >= 0.6 is 0 Å². The third kappa shape index (κ3) is 2.36. The van der Waals surface area contributed by atoms with Crippen LogP contribution < -0.4 is 5.73 Å². The monoisotopic (exact) mass is 265 g/mol. The first-order chi connectivity index (χ1) is 9.74. The van der Waals surface area contributed by atoms with E-state index in [9.17, 15) is 4.39 Å². The Hall–Kier alpha value is -2.75. The Morgan fingerprint density at radius 1 is 0.850 bits per heavy atom. The summed E-state index contributed by atoms with van der Waals surface area (Å²) in [7, 11) is 0. The van der Waals surface area contributed by atoms with Crippen molar-refractivity contribution in [3.05, 3.63) is 66.5 Å². The normalized spacial score (nSPS) is 10.4. The molecule has 3 nitrogen and oxygen atoms in total. The number of nitrogens with zero attached hydrogens (tertiary/aromatic N) is 2. The summed E-state index contributed by atoms with van der Waals surface area (Å²) in [5.74, 6) is 0.477. The van der Waals surface area contributed by atoms with Gasteiger partial charge in [0.2, 0.25) is 0 Å². The van der Waals surface area contributed by atoms with E-state index in [-0.39, 0.29) is 5.82 Å². The van der Waals surface area contributed by atoms with Crippen molar-refractivity contribution in [1.29, 1.82) is 0 Å². The minimum atomic E-state index is -0.329. The molecule has 0 spiro atoms. The predicted molar refractivity (Wildman–Crippen MR) is 77.3 cm³/mol. The predicted octanol–water partition coefficient (Wildman–Crippen LogP) is 3.53. The largest absolute Gasteiger partial charge is 0.384 e. The second-order valence-corrected chi connectivity index (χ2v) is 4.35. The van der Waals surface area contributed by atoms with Crippen molar-refractivity contribution >= 4 is 5.82 Å². The van der Waals surface area contributed by atoms with E-state index in [2.05, 4.69) is 9.97 Å². The second-order valence-electron chi connectivity index (χ2n) is 4.35. The fraction of sp³-hybridized carbons (Fsp3) is 0. The standard InChI is InChI=1S/C16H12FN3/c17-13-9-5-4-8-12(13)14-10-15(18)20-16(19-14)11-6-2-1-3-7-11/h1-10H,(H2,18,19,20). The summed E-state index contributed by atoms with van der Waals surface area (Å²) in [6.07, 6.45) is 0. The first-order valence-electron chi connectivity index (χ1n) is 6.19. The highest BCUT2D eigenvalue weighted by Crippen LogP contribution is 2.25. The zero-order valence-electron chi connectivity index (χ0n) is 10.6. The molecule has 0 fully saturated rings. The molecule has 0 bridgehead atoms. The average Bonchev–Trinajstić information content (AvgIpc) is 2.48. The summed E-state index contributed by atoms with van der Waals surface area (Å²) in [6.45, 7) is 0. The van der Waals surface area contributed by atoms with E-state index in [0.29, 0.717) is 22.9 Å². The van der Waals surface area contributed by atoms with Crippen molar-refractivity contribution in [3.8, 4) is 22.6 Å². The number of halogens is 1. The maximum absolute atomic E-state index is 13.8. The molecule has 0 unspecified atom stereocenters. The Kier molecular flexibility index (Phi) is 3.13. The zero-order chi connectivity index (χ0) is 13.9. The Morgan fingerprint density at radius 2 is 1.55 bits per heavy atom. The van der Waals surface area contributed by atoms with Crippen LogP contribution in [-0.2, 0) is 0 Å². The van der Waals surface area contributed by atoms with Gasteiger partial charge in [-0.15, -0.1) is 0 Å². The van der Waals surface area contributed by atoms with Crippen LogP contribution in [-0.4, -0.2) is 9.97 Å². The van der Waals surface area contributed by atoms with Gasteiger partial charge in [0.05, 0.1) is 5.69 Å². The molecule has 3 aromatic rings. The lowest BCUT2D eigenvalue weighted by molar-refractivity contribution is 0.630. The summed E-state index contributed by atoms with van der Waals surface area (Å²) < 4.78 is 13.8. The van der Waals surface area contributed by atoms with E-state index in [0.717, 1.165) is 5.56 Å². The minimum Gasteiger partial charge on any atom is -0.384 e. The number of hydrogen-bond donors (Lipinski definition) is 1. The molecule has 2 N–H and O–H groups in total. The van der Waals surface area contributed by atoms with Gasteiger partial charge in [-0.1, -0.05) is 42.5 Å². The molecule has 4 heteroatoms. The SMILES string of the molecule is Nc1cc(-c2ccccc2F)nc(-c2ccccc2)n1. The number of anilines is 1. The van der Waals surface area contributed by atoms with Gasteiger partial charge in [-0.2, -0.15) is 0 Å². The molecule has 0 radical (unpaired) electrons. The lowest BCUT2D eigenvalue weighted by Crippen LogP contribution is -1.98. The first-order valence-corrected chi connectivity index (χ1v) is 6.19. The maximum atomic E-state index is 13.8. The Bertz CT molecular complexity index is 742. The minimum absolute atomic E-state index is 0.317. The second kappa shape index (κ2) is 5.09. The first kappa shape index (κ1) is 12.3. The molecule has 98 valence electrons. The fourth-order valence-corrected chi connectivity index (χ4v) is 1.99. The third-order valence-corrected chi connectivity index (χ3v) is 2.93. The molecule has 2 aromatic carbocycles. The van der Waals surface area contributed by atoms with E-state index >= 15 is 0 Å². The van der Waals surface area contributed by atoms with Crippen molar-refractivity contribution in [2.24, 2.45) is 0 Å². The number of rotatable bonds is 2. The summed E-state index contributed by atoms with van der Waals surface area (Å²) >= 11 is 0. The number of hydrogen-bond acceptors (Lipinski definition) is 3. The molecule has 0 aliphatic rings. The average molecular weight is 265 g/mol. The van der Waals surface area contributed by atoms with E-state index in [1.807, 2.05) is 30.3 Å². The highest BCUT2D eigenvalue weighted by Gasteiger charge is 2.10. The summed E-state index contributed by atoms with van der Waals surface area (Å²) in [6, 6.07) is 17.5. The van der Waals surface area contributed by atoms with Gasteiger partial charge in [0.25, 0.3) is 0 Å².